The zero-order valence-corrected chi connectivity index (χ0v) is 15.4. The number of rotatable bonds is 8. The molecule has 0 aromatic rings. The molecule has 0 heterocycles. The van der Waals surface area contributed by atoms with E-state index in [9.17, 15) is 0 Å². The van der Waals surface area contributed by atoms with E-state index in [0.29, 0.717) is 5.92 Å². The van der Waals surface area contributed by atoms with E-state index >= 15 is 0 Å². The van der Waals surface area contributed by atoms with Crippen molar-refractivity contribution in [1.29, 1.82) is 0 Å². The fraction of sp³-hybridized carbons (Fsp3) is 1.00. The van der Waals surface area contributed by atoms with Crippen LogP contribution in [0.4, 0.5) is 0 Å². The highest BCUT2D eigenvalue weighted by Gasteiger charge is 2.36. The summed E-state index contributed by atoms with van der Waals surface area (Å²) in [5, 5.41) is 3.70. The van der Waals surface area contributed by atoms with Crippen LogP contribution in [0.2, 0.25) is 0 Å². The van der Waals surface area contributed by atoms with E-state index in [0.717, 1.165) is 19.1 Å². The van der Waals surface area contributed by atoms with Gasteiger partial charge in [0.1, 0.15) is 0 Å². The van der Waals surface area contributed by atoms with E-state index in [1.165, 1.54) is 44.9 Å². The van der Waals surface area contributed by atoms with E-state index < -0.39 is 0 Å². The summed E-state index contributed by atoms with van der Waals surface area (Å²) in [4.78, 5) is 0. The van der Waals surface area contributed by atoms with Gasteiger partial charge in [0.25, 0.3) is 0 Å². The monoisotopic (exact) mass is 297 g/mol. The first kappa shape index (κ1) is 19.0. The molecule has 126 valence electrons. The van der Waals surface area contributed by atoms with Crippen LogP contribution in [0.5, 0.6) is 0 Å². The Morgan fingerprint density at radius 2 is 1.81 bits per heavy atom. The van der Waals surface area contributed by atoms with Crippen LogP contribution in [0.15, 0.2) is 0 Å². The Bertz CT molecular complexity index is 274. The summed E-state index contributed by atoms with van der Waals surface area (Å²) < 4.78 is 6.51. The fourth-order valence-corrected chi connectivity index (χ4v) is 3.31. The number of nitrogens with one attached hydrogen (secondary N) is 1. The van der Waals surface area contributed by atoms with E-state index in [1.807, 2.05) is 0 Å². The average molecular weight is 298 g/mol. The topological polar surface area (TPSA) is 21.3 Å². The number of hydrogen-bond donors (Lipinski definition) is 1. The van der Waals surface area contributed by atoms with Gasteiger partial charge in [-0.25, -0.2) is 0 Å². The molecule has 2 heteroatoms. The molecule has 1 N–H and O–H groups in total. The highest BCUT2D eigenvalue weighted by molar-refractivity contribution is 4.91. The third kappa shape index (κ3) is 7.15. The normalized spacial score (nSPS) is 28.6. The van der Waals surface area contributed by atoms with Gasteiger partial charge in [-0.2, -0.15) is 0 Å². The summed E-state index contributed by atoms with van der Waals surface area (Å²) in [5.74, 6) is 1.61. The van der Waals surface area contributed by atoms with Crippen molar-refractivity contribution in [2.45, 2.75) is 97.6 Å². The molecule has 0 bridgehead atoms. The van der Waals surface area contributed by atoms with Crippen molar-refractivity contribution in [3.8, 4) is 0 Å². The molecule has 1 unspecified atom stereocenters. The van der Waals surface area contributed by atoms with Gasteiger partial charge in [0.15, 0.2) is 0 Å². The lowest BCUT2D eigenvalue weighted by atomic mass is 9.77. The minimum atomic E-state index is 0.0843. The zero-order chi connectivity index (χ0) is 15.9. The van der Waals surface area contributed by atoms with E-state index in [4.69, 9.17) is 4.74 Å². The van der Waals surface area contributed by atoms with E-state index in [2.05, 4.69) is 46.9 Å². The average Bonchev–Trinajstić information content (AvgIpc) is 2.44. The van der Waals surface area contributed by atoms with Gasteiger partial charge in [0.2, 0.25) is 0 Å². The maximum atomic E-state index is 6.51. The maximum Gasteiger partial charge on any atom is 0.0806 e. The molecule has 0 aromatic heterocycles. The summed E-state index contributed by atoms with van der Waals surface area (Å²) in [6, 6.07) is 0. The number of ether oxygens (including phenoxy) is 1. The lowest BCUT2D eigenvalue weighted by Gasteiger charge is -2.42. The molecule has 0 amide bonds. The second-order valence-corrected chi connectivity index (χ2v) is 8.34. The molecule has 0 aromatic carbocycles. The highest BCUT2D eigenvalue weighted by Crippen LogP contribution is 2.36. The van der Waals surface area contributed by atoms with E-state index in [-0.39, 0.29) is 11.1 Å². The summed E-state index contributed by atoms with van der Waals surface area (Å²) in [7, 11) is 0. The van der Waals surface area contributed by atoms with Gasteiger partial charge in [-0.05, 0) is 64.7 Å². The van der Waals surface area contributed by atoms with Crippen molar-refractivity contribution in [2.24, 2.45) is 11.8 Å². The van der Waals surface area contributed by atoms with Gasteiger partial charge >= 0.3 is 0 Å². The molecule has 0 saturated heterocycles. The predicted molar refractivity (Wildman–Crippen MR) is 92.8 cm³/mol. The minimum Gasteiger partial charge on any atom is -0.373 e. The second kappa shape index (κ2) is 8.53. The van der Waals surface area contributed by atoms with Crippen molar-refractivity contribution in [3.05, 3.63) is 0 Å². The SMILES string of the molecule is CCCC(C)COC1(CNC(C)(C)C)CCC(CC)CC1. The van der Waals surface area contributed by atoms with Crippen molar-refractivity contribution < 1.29 is 4.74 Å². The Labute approximate surface area is 133 Å². The van der Waals surface area contributed by atoms with Crippen LogP contribution < -0.4 is 5.32 Å². The Hall–Kier alpha value is -0.0800. The lowest BCUT2D eigenvalue weighted by Crippen LogP contribution is -2.51. The van der Waals surface area contributed by atoms with Crippen LogP contribution in [-0.4, -0.2) is 24.3 Å². The van der Waals surface area contributed by atoms with Gasteiger partial charge in [0, 0.05) is 18.7 Å². The molecule has 0 aliphatic heterocycles. The van der Waals surface area contributed by atoms with Crippen LogP contribution in [0.3, 0.4) is 0 Å². The quantitative estimate of drug-likeness (QED) is 0.667. The summed E-state index contributed by atoms with van der Waals surface area (Å²) in [5.41, 5.74) is 0.258. The first-order chi connectivity index (χ1) is 9.80. The molecule has 1 aliphatic carbocycles. The zero-order valence-electron chi connectivity index (χ0n) is 15.4. The van der Waals surface area contributed by atoms with Crippen molar-refractivity contribution in [2.75, 3.05) is 13.2 Å². The Morgan fingerprint density at radius 3 is 2.29 bits per heavy atom. The highest BCUT2D eigenvalue weighted by atomic mass is 16.5. The van der Waals surface area contributed by atoms with Gasteiger partial charge in [-0.15, -0.1) is 0 Å². The molecule has 2 nitrogen and oxygen atoms in total. The van der Waals surface area contributed by atoms with Crippen LogP contribution in [0.1, 0.15) is 86.5 Å². The Morgan fingerprint density at radius 1 is 1.19 bits per heavy atom. The van der Waals surface area contributed by atoms with E-state index in [1.54, 1.807) is 0 Å². The number of hydrogen-bond acceptors (Lipinski definition) is 2. The molecular formula is C19H39NO. The van der Waals surface area contributed by atoms with Crippen molar-refractivity contribution >= 4 is 0 Å². The molecule has 0 radical (unpaired) electrons. The van der Waals surface area contributed by atoms with Gasteiger partial charge in [-0.1, -0.05) is 33.6 Å². The third-order valence-corrected chi connectivity index (χ3v) is 4.99. The molecule has 1 rings (SSSR count). The van der Waals surface area contributed by atoms with Gasteiger partial charge in [0.05, 0.1) is 5.60 Å². The van der Waals surface area contributed by atoms with Crippen LogP contribution in [0, 0.1) is 11.8 Å². The largest absolute Gasteiger partial charge is 0.373 e. The molecule has 1 aliphatic rings. The van der Waals surface area contributed by atoms with Crippen molar-refractivity contribution in [1.82, 2.24) is 5.32 Å². The Kier molecular flexibility index (Phi) is 7.70. The Balaban J connectivity index is 2.57. The summed E-state index contributed by atoms with van der Waals surface area (Å²) in [6.45, 7) is 15.6. The smallest absolute Gasteiger partial charge is 0.0806 e. The van der Waals surface area contributed by atoms with Crippen LogP contribution >= 0.6 is 0 Å². The standard InChI is InChI=1S/C19H39NO/c1-7-9-16(3)14-21-19(15-20-18(4,5)6)12-10-17(8-2)11-13-19/h16-17,20H,7-15H2,1-6H3. The van der Waals surface area contributed by atoms with Gasteiger partial charge in [-0.3, -0.25) is 0 Å². The molecular weight excluding hydrogens is 258 g/mol. The predicted octanol–water partition coefficient (Wildman–Crippen LogP) is 5.17. The van der Waals surface area contributed by atoms with Crippen LogP contribution in [0.25, 0.3) is 0 Å². The third-order valence-electron chi connectivity index (χ3n) is 4.99. The molecule has 0 spiro atoms. The molecule has 1 atom stereocenters. The molecule has 21 heavy (non-hydrogen) atoms. The maximum absolute atomic E-state index is 6.51. The lowest BCUT2D eigenvalue weighted by molar-refractivity contribution is -0.0904. The molecule has 1 saturated carbocycles. The minimum absolute atomic E-state index is 0.0843. The molecule has 1 fully saturated rings. The van der Waals surface area contributed by atoms with Crippen LogP contribution in [-0.2, 0) is 4.74 Å². The van der Waals surface area contributed by atoms with Crippen molar-refractivity contribution in [3.63, 3.8) is 0 Å². The first-order valence-electron chi connectivity index (χ1n) is 9.19. The van der Waals surface area contributed by atoms with Gasteiger partial charge < -0.3 is 10.1 Å². The first-order valence-corrected chi connectivity index (χ1v) is 9.19. The summed E-state index contributed by atoms with van der Waals surface area (Å²) in [6.07, 6.45) is 9.00. The fourth-order valence-electron chi connectivity index (χ4n) is 3.31. The summed E-state index contributed by atoms with van der Waals surface area (Å²) >= 11 is 0. The second-order valence-electron chi connectivity index (χ2n) is 8.34.